The Morgan fingerprint density at radius 1 is 1.39 bits per heavy atom. The number of nitrogens with one attached hydrogen (secondary N) is 1. The van der Waals surface area contributed by atoms with Gasteiger partial charge in [-0.05, 0) is 33.4 Å². The number of nitrogens with zero attached hydrogens (tertiary/aromatic N) is 2. The summed E-state index contributed by atoms with van der Waals surface area (Å²) in [6.45, 7) is 3.99. The van der Waals surface area contributed by atoms with Crippen molar-refractivity contribution in [1.82, 2.24) is 15.1 Å². The topological polar surface area (TPSA) is 35.6 Å². The van der Waals surface area contributed by atoms with Crippen molar-refractivity contribution in [3.05, 3.63) is 0 Å². The van der Waals surface area contributed by atoms with Crippen molar-refractivity contribution >= 4 is 5.91 Å². The quantitative estimate of drug-likeness (QED) is 0.805. The minimum Gasteiger partial charge on any atom is -0.324 e. The van der Waals surface area contributed by atoms with E-state index in [0.29, 0.717) is 5.91 Å². The highest BCUT2D eigenvalue weighted by Crippen LogP contribution is 2.37. The smallest absolute Gasteiger partial charge is 0.244 e. The van der Waals surface area contributed by atoms with Crippen LogP contribution in [0.15, 0.2) is 0 Å². The van der Waals surface area contributed by atoms with Crippen LogP contribution in [-0.4, -0.2) is 54.6 Å². The molecule has 0 aromatic rings. The zero-order valence-electron chi connectivity index (χ0n) is 12.0. The zero-order chi connectivity index (χ0) is 13.2. The van der Waals surface area contributed by atoms with Crippen molar-refractivity contribution in [2.75, 3.05) is 27.2 Å². The summed E-state index contributed by atoms with van der Waals surface area (Å²) in [6, 6.07) is 0. The minimum atomic E-state index is -0.202. The average molecular weight is 253 g/mol. The first-order valence-electron chi connectivity index (χ1n) is 7.32. The molecule has 104 valence electrons. The molecule has 0 radical (unpaired) electrons. The molecule has 18 heavy (non-hydrogen) atoms. The normalized spacial score (nSPS) is 26.8. The molecule has 0 aromatic carbocycles. The minimum absolute atomic E-state index is 0.202. The second kappa shape index (κ2) is 5.57. The molecular weight excluding hydrogens is 226 g/mol. The Morgan fingerprint density at radius 2 is 2.06 bits per heavy atom. The lowest BCUT2D eigenvalue weighted by molar-refractivity contribution is -0.133. The van der Waals surface area contributed by atoms with E-state index in [-0.39, 0.29) is 11.7 Å². The fourth-order valence-electron chi connectivity index (χ4n) is 3.28. The molecule has 2 aliphatic rings. The van der Waals surface area contributed by atoms with Crippen LogP contribution in [0.1, 0.15) is 45.4 Å². The SMILES string of the molecule is CCCC1NC2(CCCC2)C(=O)N1CCN(C)C. The Hall–Kier alpha value is -0.610. The average Bonchev–Trinajstić information content (AvgIpc) is 2.87. The molecule has 0 bridgehead atoms. The van der Waals surface area contributed by atoms with Gasteiger partial charge in [0, 0.05) is 13.1 Å². The van der Waals surface area contributed by atoms with Gasteiger partial charge in [-0.15, -0.1) is 0 Å². The van der Waals surface area contributed by atoms with Gasteiger partial charge in [0.2, 0.25) is 5.91 Å². The first kappa shape index (κ1) is 13.8. The first-order valence-corrected chi connectivity index (χ1v) is 7.32. The predicted molar refractivity (Wildman–Crippen MR) is 73.3 cm³/mol. The third-order valence-corrected chi connectivity index (χ3v) is 4.30. The summed E-state index contributed by atoms with van der Waals surface area (Å²) in [5.74, 6) is 0.361. The molecule has 4 heteroatoms. The van der Waals surface area contributed by atoms with Gasteiger partial charge >= 0.3 is 0 Å². The van der Waals surface area contributed by atoms with Gasteiger partial charge in [-0.1, -0.05) is 26.2 Å². The highest BCUT2D eigenvalue weighted by Gasteiger charge is 2.51. The standard InChI is InChI=1S/C14H27N3O/c1-4-7-12-15-14(8-5-6-9-14)13(18)17(12)11-10-16(2)3/h12,15H,4-11H2,1-3H3. The second-order valence-corrected chi connectivity index (χ2v) is 6.04. The van der Waals surface area contributed by atoms with Crippen LogP contribution in [0.2, 0.25) is 0 Å². The van der Waals surface area contributed by atoms with E-state index in [4.69, 9.17) is 0 Å². The van der Waals surface area contributed by atoms with E-state index in [1.165, 1.54) is 12.8 Å². The van der Waals surface area contributed by atoms with E-state index in [2.05, 4.69) is 36.1 Å². The van der Waals surface area contributed by atoms with E-state index in [0.717, 1.165) is 38.8 Å². The van der Waals surface area contributed by atoms with Gasteiger partial charge in [-0.25, -0.2) is 0 Å². The summed E-state index contributed by atoms with van der Waals surface area (Å²) in [6.07, 6.45) is 6.91. The molecule has 2 fully saturated rings. The van der Waals surface area contributed by atoms with Crippen LogP contribution in [0.25, 0.3) is 0 Å². The van der Waals surface area contributed by atoms with Crippen molar-refractivity contribution in [3.63, 3.8) is 0 Å². The van der Waals surface area contributed by atoms with E-state index in [9.17, 15) is 4.79 Å². The summed E-state index contributed by atoms with van der Waals surface area (Å²) in [5.41, 5.74) is -0.202. The van der Waals surface area contributed by atoms with Crippen molar-refractivity contribution < 1.29 is 4.79 Å². The van der Waals surface area contributed by atoms with Crippen LogP contribution in [0.5, 0.6) is 0 Å². The lowest BCUT2D eigenvalue weighted by Crippen LogP contribution is -2.44. The van der Waals surface area contributed by atoms with Crippen LogP contribution < -0.4 is 5.32 Å². The maximum atomic E-state index is 12.7. The lowest BCUT2D eigenvalue weighted by atomic mass is 9.98. The summed E-state index contributed by atoms with van der Waals surface area (Å²) in [5, 5.41) is 3.65. The van der Waals surface area contributed by atoms with E-state index in [1.54, 1.807) is 0 Å². The van der Waals surface area contributed by atoms with Crippen molar-refractivity contribution in [2.45, 2.75) is 57.2 Å². The van der Waals surface area contributed by atoms with Crippen molar-refractivity contribution in [2.24, 2.45) is 0 Å². The van der Waals surface area contributed by atoms with Crippen molar-refractivity contribution in [1.29, 1.82) is 0 Å². The monoisotopic (exact) mass is 253 g/mol. The van der Waals surface area contributed by atoms with E-state index >= 15 is 0 Å². The van der Waals surface area contributed by atoms with Gasteiger partial charge in [-0.2, -0.15) is 0 Å². The molecule has 1 saturated carbocycles. The summed E-state index contributed by atoms with van der Waals surface area (Å²) >= 11 is 0. The van der Waals surface area contributed by atoms with Crippen LogP contribution in [0, 0.1) is 0 Å². The number of carbonyl (C=O) groups excluding carboxylic acids is 1. The Morgan fingerprint density at radius 3 is 2.61 bits per heavy atom. The molecule has 1 atom stereocenters. The molecule has 1 heterocycles. The molecular formula is C14H27N3O. The summed E-state index contributed by atoms with van der Waals surface area (Å²) < 4.78 is 0. The number of hydrogen-bond donors (Lipinski definition) is 1. The highest BCUT2D eigenvalue weighted by atomic mass is 16.2. The number of likely N-dealkylation sites (N-methyl/N-ethyl adjacent to an activating group) is 1. The molecule has 1 saturated heterocycles. The van der Waals surface area contributed by atoms with Crippen LogP contribution >= 0.6 is 0 Å². The number of rotatable bonds is 5. The third kappa shape index (κ3) is 2.54. The van der Waals surface area contributed by atoms with E-state index < -0.39 is 0 Å². The van der Waals surface area contributed by atoms with Gasteiger partial charge in [0.25, 0.3) is 0 Å². The molecule has 1 spiro atoms. The molecule has 2 rings (SSSR count). The highest BCUT2D eigenvalue weighted by molar-refractivity contribution is 5.89. The number of hydrogen-bond acceptors (Lipinski definition) is 3. The van der Waals surface area contributed by atoms with Gasteiger partial charge in [-0.3, -0.25) is 10.1 Å². The number of amides is 1. The predicted octanol–water partition coefficient (Wildman–Crippen LogP) is 1.42. The molecule has 4 nitrogen and oxygen atoms in total. The summed E-state index contributed by atoms with van der Waals surface area (Å²) in [7, 11) is 4.13. The lowest BCUT2D eigenvalue weighted by Gasteiger charge is -2.25. The first-order chi connectivity index (χ1) is 8.59. The second-order valence-electron chi connectivity index (χ2n) is 6.04. The fraction of sp³-hybridized carbons (Fsp3) is 0.929. The Kier molecular flexibility index (Phi) is 4.28. The Balaban J connectivity index is 2.06. The molecule has 1 N–H and O–H groups in total. The van der Waals surface area contributed by atoms with Crippen LogP contribution in [-0.2, 0) is 4.79 Å². The maximum Gasteiger partial charge on any atom is 0.244 e. The Labute approximate surface area is 111 Å². The van der Waals surface area contributed by atoms with Crippen LogP contribution in [0.3, 0.4) is 0 Å². The van der Waals surface area contributed by atoms with Gasteiger partial charge in [0.05, 0.1) is 11.7 Å². The van der Waals surface area contributed by atoms with Crippen LogP contribution in [0.4, 0.5) is 0 Å². The maximum absolute atomic E-state index is 12.7. The van der Waals surface area contributed by atoms with Gasteiger partial charge in [0.15, 0.2) is 0 Å². The molecule has 1 unspecified atom stereocenters. The van der Waals surface area contributed by atoms with E-state index in [1.807, 2.05) is 0 Å². The zero-order valence-corrected chi connectivity index (χ0v) is 12.0. The number of carbonyl (C=O) groups is 1. The van der Waals surface area contributed by atoms with Gasteiger partial charge in [0.1, 0.15) is 0 Å². The molecule has 0 aromatic heterocycles. The fourth-order valence-corrected chi connectivity index (χ4v) is 3.28. The molecule has 1 aliphatic carbocycles. The largest absolute Gasteiger partial charge is 0.324 e. The van der Waals surface area contributed by atoms with Crippen molar-refractivity contribution in [3.8, 4) is 0 Å². The Bertz CT molecular complexity index is 297. The molecule has 1 amide bonds. The van der Waals surface area contributed by atoms with Gasteiger partial charge < -0.3 is 9.80 Å². The molecule has 1 aliphatic heterocycles. The third-order valence-electron chi connectivity index (χ3n) is 4.30. The summed E-state index contributed by atoms with van der Waals surface area (Å²) in [4.78, 5) is 16.9.